The molecule has 0 atom stereocenters. The Morgan fingerprint density at radius 1 is 1.24 bits per heavy atom. The molecule has 96 valence electrons. The first-order valence-electron chi connectivity index (χ1n) is 4.98. The molecular formula is C10H12ClF2NO2S. The molecule has 0 aliphatic carbocycles. The van der Waals surface area contributed by atoms with Crippen molar-refractivity contribution < 1.29 is 17.2 Å². The monoisotopic (exact) mass is 283 g/mol. The maximum absolute atomic E-state index is 13.2. The van der Waals surface area contributed by atoms with Crippen LogP contribution in [-0.2, 0) is 10.0 Å². The highest BCUT2D eigenvalue weighted by molar-refractivity contribution is 7.89. The number of sulfonamides is 1. The summed E-state index contributed by atoms with van der Waals surface area (Å²) in [6, 6.07) is 2.30. The van der Waals surface area contributed by atoms with Gasteiger partial charge < -0.3 is 0 Å². The van der Waals surface area contributed by atoms with Crippen molar-refractivity contribution >= 4 is 21.6 Å². The molecule has 0 heterocycles. The maximum Gasteiger partial charge on any atom is 0.243 e. The minimum atomic E-state index is -4.00. The molecule has 17 heavy (non-hydrogen) atoms. The number of rotatable bonds is 6. The van der Waals surface area contributed by atoms with Gasteiger partial charge in [-0.25, -0.2) is 21.9 Å². The second kappa shape index (κ2) is 6.28. The first-order chi connectivity index (χ1) is 7.97. The highest BCUT2D eigenvalue weighted by atomic mass is 35.5. The molecule has 0 unspecified atom stereocenters. The van der Waals surface area contributed by atoms with E-state index in [2.05, 4.69) is 4.72 Å². The van der Waals surface area contributed by atoms with Gasteiger partial charge in [0.25, 0.3) is 0 Å². The molecule has 0 saturated carbocycles. The van der Waals surface area contributed by atoms with Crippen LogP contribution in [0.15, 0.2) is 23.1 Å². The van der Waals surface area contributed by atoms with E-state index in [1.807, 2.05) is 0 Å². The average Bonchev–Trinajstić information content (AvgIpc) is 2.28. The lowest BCUT2D eigenvalue weighted by Crippen LogP contribution is -2.25. The van der Waals surface area contributed by atoms with Crippen LogP contribution in [0.5, 0.6) is 0 Å². The zero-order chi connectivity index (χ0) is 12.9. The number of alkyl halides is 1. The molecule has 3 nitrogen and oxygen atoms in total. The van der Waals surface area contributed by atoms with Crippen LogP contribution in [0.25, 0.3) is 0 Å². The quantitative estimate of drug-likeness (QED) is 0.643. The Bertz CT molecular complexity index is 479. The van der Waals surface area contributed by atoms with Crippen LogP contribution in [0.3, 0.4) is 0 Å². The molecule has 1 rings (SSSR count). The third-order valence-corrected chi connectivity index (χ3v) is 3.78. The van der Waals surface area contributed by atoms with Crippen LogP contribution in [0, 0.1) is 11.6 Å². The van der Waals surface area contributed by atoms with Crippen molar-refractivity contribution in [3.05, 3.63) is 29.8 Å². The van der Waals surface area contributed by atoms with Crippen LogP contribution in [0.4, 0.5) is 8.78 Å². The minimum absolute atomic E-state index is 0.144. The van der Waals surface area contributed by atoms with E-state index in [0.29, 0.717) is 24.8 Å². The summed E-state index contributed by atoms with van der Waals surface area (Å²) < 4.78 is 51.5. The summed E-state index contributed by atoms with van der Waals surface area (Å²) in [7, 11) is -4.00. The number of unbranched alkanes of at least 4 members (excludes halogenated alkanes) is 1. The van der Waals surface area contributed by atoms with Gasteiger partial charge in [0.15, 0.2) is 0 Å². The SMILES string of the molecule is O=S(=O)(NCCCCCl)c1cc(F)ccc1F. The van der Waals surface area contributed by atoms with Crippen molar-refractivity contribution in [2.24, 2.45) is 0 Å². The Balaban J connectivity index is 2.79. The van der Waals surface area contributed by atoms with Crippen molar-refractivity contribution in [2.45, 2.75) is 17.7 Å². The predicted octanol–water partition coefficient (Wildman–Crippen LogP) is 2.26. The van der Waals surface area contributed by atoms with Crippen molar-refractivity contribution in [3.63, 3.8) is 0 Å². The normalized spacial score (nSPS) is 11.7. The number of hydrogen-bond donors (Lipinski definition) is 1. The van der Waals surface area contributed by atoms with Crippen LogP contribution in [0.2, 0.25) is 0 Å². The van der Waals surface area contributed by atoms with Gasteiger partial charge in [-0.15, -0.1) is 11.6 Å². The van der Waals surface area contributed by atoms with Gasteiger partial charge in [0, 0.05) is 12.4 Å². The van der Waals surface area contributed by atoms with Crippen molar-refractivity contribution in [2.75, 3.05) is 12.4 Å². The van der Waals surface area contributed by atoms with Crippen LogP contribution in [-0.4, -0.2) is 20.8 Å². The summed E-state index contributed by atoms with van der Waals surface area (Å²) in [6.45, 7) is 0.144. The third-order valence-electron chi connectivity index (χ3n) is 2.04. The highest BCUT2D eigenvalue weighted by Crippen LogP contribution is 2.15. The van der Waals surface area contributed by atoms with E-state index >= 15 is 0 Å². The van der Waals surface area contributed by atoms with E-state index < -0.39 is 26.6 Å². The summed E-state index contributed by atoms with van der Waals surface area (Å²) in [4.78, 5) is -0.677. The molecule has 0 aliphatic rings. The van der Waals surface area contributed by atoms with Gasteiger partial charge in [-0.1, -0.05) is 0 Å². The molecule has 0 spiro atoms. The zero-order valence-corrected chi connectivity index (χ0v) is 10.5. The van der Waals surface area contributed by atoms with Crippen LogP contribution >= 0.6 is 11.6 Å². The lowest BCUT2D eigenvalue weighted by Gasteiger charge is -2.07. The maximum atomic E-state index is 13.2. The van der Waals surface area contributed by atoms with E-state index in [9.17, 15) is 17.2 Å². The Hall–Kier alpha value is -0.720. The molecule has 0 radical (unpaired) electrons. The Morgan fingerprint density at radius 2 is 1.94 bits per heavy atom. The van der Waals surface area contributed by atoms with Gasteiger partial charge in [0.2, 0.25) is 10.0 Å². The van der Waals surface area contributed by atoms with Crippen molar-refractivity contribution in [1.29, 1.82) is 0 Å². The Labute approximate surface area is 104 Å². The summed E-state index contributed by atoms with van der Waals surface area (Å²) in [5.74, 6) is -1.35. The van der Waals surface area contributed by atoms with E-state index in [1.165, 1.54) is 0 Å². The molecule has 0 bridgehead atoms. The number of halogens is 3. The Morgan fingerprint density at radius 3 is 2.59 bits per heavy atom. The van der Waals surface area contributed by atoms with Gasteiger partial charge in [-0.05, 0) is 31.0 Å². The standard InChI is InChI=1S/C10H12ClF2NO2S/c11-5-1-2-6-14-17(15,16)10-7-8(12)3-4-9(10)13/h3-4,7,14H,1-2,5-6H2. The molecule has 7 heteroatoms. The highest BCUT2D eigenvalue weighted by Gasteiger charge is 2.19. The smallest absolute Gasteiger partial charge is 0.211 e. The first kappa shape index (κ1) is 14.3. The van der Waals surface area contributed by atoms with Gasteiger partial charge >= 0.3 is 0 Å². The third kappa shape index (κ3) is 4.22. The van der Waals surface area contributed by atoms with E-state index in [4.69, 9.17) is 11.6 Å². The summed E-state index contributed by atoms with van der Waals surface area (Å²) in [6.07, 6.45) is 1.19. The van der Waals surface area contributed by atoms with E-state index in [-0.39, 0.29) is 6.54 Å². The molecule has 0 aliphatic heterocycles. The topological polar surface area (TPSA) is 46.2 Å². The molecule has 0 saturated heterocycles. The molecule has 1 aromatic carbocycles. The van der Waals surface area contributed by atoms with Gasteiger partial charge in [0.05, 0.1) is 0 Å². The van der Waals surface area contributed by atoms with Crippen LogP contribution in [0.1, 0.15) is 12.8 Å². The second-order valence-corrected chi connectivity index (χ2v) is 5.48. The lowest BCUT2D eigenvalue weighted by molar-refractivity contribution is 0.544. The van der Waals surface area contributed by atoms with Crippen molar-refractivity contribution in [1.82, 2.24) is 4.72 Å². The fourth-order valence-electron chi connectivity index (χ4n) is 1.19. The Kier molecular flexibility index (Phi) is 5.30. The molecular weight excluding hydrogens is 272 g/mol. The van der Waals surface area contributed by atoms with E-state index in [0.717, 1.165) is 12.1 Å². The van der Waals surface area contributed by atoms with E-state index in [1.54, 1.807) is 0 Å². The largest absolute Gasteiger partial charge is 0.243 e. The first-order valence-corrected chi connectivity index (χ1v) is 7.00. The predicted molar refractivity (Wildman–Crippen MR) is 61.5 cm³/mol. The van der Waals surface area contributed by atoms with Gasteiger partial charge in [-0.2, -0.15) is 0 Å². The number of benzene rings is 1. The summed E-state index contributed by atoms with van der Waals surface area (Å²) in [5.41, 5.74) is 0. The lowest BCUT2D eigenvalue weighted by atomic mass is 10.3. The molecule has 1 N–H and O–H groups in total. The average molecular weight is 284 g/mol. The van der Waals surface area contributed by atoms with Gasteiger partial charge in [-0.3, -0.25) is 0 Å². The van der Waals surface area contributed by atoms with Gasteiger partial charge in [0.1, 0.15) is 16.5 Å². The fourth-order valence-corrected chi connectivity index (χ4v) is 2.54. The second-order valence-electron chi connectivity index (χ2n) is 3.37. The zero-order valence-electron chi connectivity index (χ0n) is 8.92. The molecule has 1 aromatic rings. The number of hydrogen-bond acceptors (Lipinski definition) is 2. The minimum Gasteiger partial charge on any atom is -0.211 e. The molecule has 0 fully saturated rings. The summed E-state index contributed by atoms with van der Waals surface area (Å²) >= 11 is 5.43. The summed E-state index contributed by atoms with van der Waals surface area (Å²) in [5, 5.41) is 0. The van der Waals surface area contributed by atoms with Crippen molar-refractivity contribution in [3.8, 4) is 0 Å². The molecule has 0 aromatic heterocycles. The fraction of sp³-hybridized carbons (Fsp3) is 0.400. The number of nitrogens with one attached hydrogen (secondary N) is 1. The molecule has 0 amide bonds. The van der Waals surface area contributed by atoms with Crippen LogP contribution < -0.4 is 4.72 Å².